The number of para-hydroxylation sites is 3. The van der Waals surface area contributed by atoms with Gasteiger partial charge in [-0.15, -0.1) is 0 Å². The first kappa shape index (κ1) is 41.8. The van der Waals surface area contributed by atoms with E-state index in [0.29, 0.717) is 0 Å². The number of anilines is 6. The van der Waals surface area contributed by atoms with E-state index in [-0.39, 0.29) is 0 Å². The van der Waals surface area contributed by atoms with Gasteiger partial charge in [0.25, 0.3) is 0 Å². The Morgan fingerprint density at radius 3 is 1.30 bits per heavy atom. The number of furan rings is 1. The fraction of sp³-hybridized carbons (Fsp3) is 0. The maximum absolute atomic E-state index is 6.49. The molecule has 0 N–H and O–H groups in total. The minimum atomic E-state index is 0.861. The van der Waals surface area contributed by atoms with E-state index in [0.717, 1.165) is 72.9 Å². The maximum Gasteiger partial charge on any atom is 0.137 e. The molecule has 0 saturated heterocycles. The highest BCUT2D eigenvalue weighted by Crippen LogP contribution is 2.47. The molecule has 13 aromatic carbocycles. The first-order valence-corrected chi connectivity index (χ1v) is 25.3. The zero-order valence-corrected chi connectivity index (χ0v) is 40.2. The molecule has 0 amide bonds. The van der Waals surface area contributed by atoms with Gasteiger partial charge < -0.3 is 18.8 Å². The van der Waals surface area contributed by atoms with Gasteiger partial charge in [0.2, 0.25) is 0 Å². The van der Waals surface area contributed by atoms with E-state index in [1.54, 1.807) is 0 Å². The number of hydrogen-bond donors (Lipinski definition) is 0. The van der Waals surface area contributed by atoms with Crippen molar-refractivity contribution in [2.24, 2.45) is 0 Å². The van der Waals surface area contributed by atoms with Crippen molar-refractivity contribution in [2.75, 3.05) is 9.80 Å². The monoisotopic (exact) mass is 943 g/mol. The molecule has 0 fully saturated rings. The SMILES string of the molecule is c1ccc(-n2c3ccccc3c3cc(N(c4ccc(-c5ccc(N(c6ccc7c(c6)oc6ccccc67)c6cc7ccccc7c7ccccc67)cc5)cc4)c4cc5ccccc5c5ccccc45)ccc32)cc1. The number of aromatic nitrogens is 1. The molecule has 2 aromatic heterocycles. The zero-order valence-electron chi connectivity index (χ0n) is 40.2. The van der Waals surface area contributed by atoms with E-state index >= 15 is 0 Å². The van der Waals surface area contributed by atoms with Gasteiger partial charge in [0.1, 0.15) is 11.2 Å². The third-order valence-corrected chi connectivity index (χ3v) is 15.1. The topological polar surface area (TPSA) is 24.6 Å². The van der Waals surface area contributed by atoms with Gasteiger partial charge in [-0.05, 0) is 134 Å². The van der Waals surface area contributed by atoms with Crippen LogP contribution in [-0.4, -0.2) is 4.57 Å². The van der Waals surface area contributed by atoms with Gasteiger partial charge in [-0.2, -0.15) is 0 Å². The van der Waals surface area contributed by atoms with E-state index in [1.807, 2.05) is 12.1 Å². The lowest BCUT2D eigenvalue weighted by Gasteiger charge is -2.28. The Bertz CT molecular complexity index is 4670. The van der Waals surface area contributed by atoms with E-state index in [1.165, 1.54) is 64.9 Å². The number of fused-ring (bicyclic) bond motifs is 12. The normalized spacial score (nSPS) is 11.8. The molecule has 4 heteroatoms. The molecule has 0 saturated carbocycles. The van der Waals surface area contributed by atoms with Crippen molar-refractivity contribution in [3.8, 4) is 16.8 Å². The highest BCUT2D eigenvalue weighted by atomic mass is 16.3. The minimum absolute atomic E-state index is 0.861. The van der Waals surface area contributed by atoms with E-state index < -0.39 is 0 Å². The van der Waals surface area contributed by atoms with Crippen LogP contribution in [-0.2, 0) is 0 Å². The summed E-state index contributed by atoms with van der Waals surface area (Å²) in [4.78, 5) is 4.83. The van der Waals surface area contributed by atoms with Crippen LogP contribution in [0.15, 0.2) is 277 Å². The summed E-state index contributed by atoms with van der Waals surface area (Å²) in [6.45, 7) is 0. The smallest absolute Gasteiger partial charge is 0.137 e. The lowest BCUT2D eigenvalue weighted by Crippen LogP contribution is -2.11. The molecule has 0 atom stereocenters. The molecule has 0 aliphatic rings. The molecule has 0 bridgehead atoms. The molecule has 15 aromatic rings. The van der Waals surface area contributed by atoms with Crippen LogP contribution in [0.25, 0.3) is 104 Å². The predicted octanol–water partition coefficient (Wildman–Crippen LogP) is 19.9. The molecule has 0 spiro atoms. The molecule has 4 nitrogen and oxygen atoms in total. The van der Waals surface area contributed by atoms with E-state index in [9.17, 15) is 0 Å². The van der Waals surface area contributed by atoms with Crippen LogP contribution in [0.3, 0.4) is 0 Å². The van der Waals surface area contributed by atoms with Crippen LogP contribution in [0.4, 0.5) is 34.1 Å². The average Bonchev–Trinajstić information content (AvgIpc) is 4.01. The van der Waals surface area contributed by atoms with Crippen molar-refractivity contribution in [2.45, 2.75) is 0 Å². The summed E-state index contributed by atoms with van der Waals surface area (Å²) >= 11 is 0. The molecule has 74 heavy (non-hydrogen) atoms. The highest BCUT2D eigenvalue weighted by molar-refractivity contribution is 6.17. The Hall–Kier alpha value is -9.90. The first-order chi connectivity index (χ1) is 36.7. The Kier molecular flexibility index (Phi) is 9.54. The van der Waals surface area contributed by atoms with Gasteiger partial charge in [-0.3, -0.25) is 0 Å². The van der Waals surface area contributed by atoms with Gasteiger partial charge in [-0.25, -0.2) is 0 Å². The standard InChI is InChI=1S/C70H45N3O/c1-2-18-50(19-3-1)73-65-28-14-12-26-61(65)64-44-53(39-41-66(64)73)71(67-42-48-16-4-6-20-55(48)57-22-8-10-24-59(57)67)51-34-30-46(31-35-51)47-32-36-52(37-33-47)72(54-38-40-63-62-27-13-15-29-69(62)74-70(63)45-54)68-43-49-17-5-7-21-56(49)58-23-9-11-25-60(58)68/h1-45H. The summed E-state index contributed by atoms with van der Waals surface area (Å²) in [5.41, 5.74) is 14.0. The van der Waals surface area contributed by atoms with Gasteiger partial charge in [0.05, 0.1) is 22.4 Å². The first-order valence-electron chi connectivity index (χ1n) is 25.3. The second-order valence-electron chi connectivity index (χ2n) is 19.3. The van der Waals surface area contributed by atoms with Crippen molar-refractivity contribution < 1.29 is 4.42 Å². The molecule has 0 aliphatic carbocycles. The third kappa shape index (κ3) is 6.69. The van der Waals surface area contributed by atoms with Crippen molar-refractivity contribution >= 4 is 121 Å². The van der Waals surface area contributed by atoms with Gasteiger partial charge in [0, 0.05) is 66.8 Å². The van der Waals surface area contributed by atoms with Gasteiger partial charge in [0.15, 0.2) is 0 Å². The summed E-state index contributed by atoms with van der Waals surface area (Å²) < 4.78 is 8.88. The van der Waals surface area contributed by atoms with Crippen LogP contribution in [0.2, 0.25) is 0 Å². The van der Waals surface area contributed by atoms with Crippen LogP contribution in [0, 0.1) is 0 Å². The van der Waals surface area contributed by atoms with Crippen LogP contribution in [0.5, 0.6) is 0 Å². The lowest BCUT2D eigenvalue weighted by molar-refractivity contribution is 0.669. The van der Waals surface area contributed by atoms with E-state index in [2.05, 4.69) is 275 Å². The molecule has 0 unspecified atom stereocenters. The number of benzene rings is 13. The number of nitrogens with zero attached hydrogens (tertiary/aromatic N) is 3. The zero-order chi connectivity index (χ0) is 48.7. The fourth-order valence-electron chi connectivity index (χ4n) is 11.7. The van der Waals surface area contributed by atoms with Gasteiger partial charge >= 0.3 is 0 Å². The molecular formula is C70H45N3O. The van der Waals surface area contributed by atoms with Crippen LogP contribution in [0.1, 0.15) is 0 Å². The molecule has 0 radical (unpaired) electrons. The van der Waals surface area contributed by atoms with Crippen LogP contribution < -0.4 is 9.80 Å². The second kappa shape index (κ2) is 16.9. The Morgan fingerprint density at radius 2 is 0.689 bits per heavy atom. The molecule has 346 valence electrons. The molecular weight excluding hydrogens is 899 g/mol. The van der Waals surface area contributed by atoms with Gasteiger partial charge in [-0.1, -0.05) is 176 Å². The maximum atomic E-state index is 6.49. The Labute approximate surface area is 427 Å². The number of rotatable bonds is 8. The van der Waals surface area contributed by atoms with Crippen molar-refractivity contribution in [1.29, 1.82) is 0 Å². The summed E-state index contributed by atoms with van der Waals surface area (Å²) in [5, 5.41) is 14.4. The summed E-state index contributed by atoms with van der Waals surface area (Å²) in [6, 6.07) is 99.1. The highest BCUT2D eigenvalue weighted by Gasteiger charge is 2.22. The fourth-order valence-corrected chi connectivity index (χ4v) is 11.7. The summed E-state index contributed by atoms with van der Waals surface area (Å²) in [6.07, 6.45) is 0. The minimum Gasteiger partial charge on any atom is -0.456 e. The lowest BCUT2D eigenvalue weighted by atomic mass is 9.98. The number of hydrogen-bond acceptors (Lipinski definition) is 3. The quantitative estimate of drug-likeness (QED) is 0.142. The van der Waals surface area contributed by atoms with Crippen LogP contribution >= 0.6 is 0 Å². The second-order valence-corrected chi connectivity index (χ2v) is 19.3. The van der Waals surface area contributed by atoms with Crippen molar-refractivity contribution in [3.63, 3.8) is 0 Å². The molecule has 0 aliphatic heterocycles. The van der Waals surface area contributed by atoms with Crippen molar-refractivity contribution in [1.82, 2.24) is 4.57 Å². The Balaban J connectivity index is 0.864. The largest absolute Gasteiger partial charge is 0.456 e. The predicted molar refractivity (Wildman–Crippen MR) is 313 cm³/mol. The van der Waals surface area contributed by atoms with Crippen molar-refractivity contribution in [3.05, 3.63) is 273 Å². The Morgan fingerprint density at radius 1 is 0.257 bits per heavy atom. The summed E-state index contributed by atoms with van der Waals surface area (Å²) in [7, 11) is 0. The average molecular weight is 944 g/mol. The van der Waals surface area contributed by atoms with E-state index in [4.69, 9.17) is 4.42 Å². The summed E-state index contributed by atoms with van der Waals surface area (Å²) in [5.74, 6) is 0. The third-order valence-electron chi connectivity index (χ3n) is 15.1. The molecule has 2 heterocycles. The molecule has 15 rings (SSSR count).